The van der Waals surface area contributed by atoms with Crippen LogP contribution in [0.15, 0.2) is 71.3 Å². The summed E-state index contributed by atoms with van der Waals surface area (Å²) in [7, 11) is 0. The van der Waals surface area contributed by atoms with Crippen molar-refractivity contribution in [3.8, 4) is 0 Å². The number of fused-ring (bicyclic) bond motifs is 6. The van der Waals surface area contributed by atoms with E-state index in [0.29, 0.717) is 0 Å². The van der Waals surface area contributed by atoms with Crippen LogP contribution in [-0.2, 0) is 0 Å². The van der Waals surface area contributed by atoms with E-state index in [9.17, 15) is 0 Å². The Hall–Kier alpha value is -2.80. The lowest BCUT2D eigenvalue weighted by Crippen LogP contribution is -1.81. The third kappa shape index (κ3) is 1.54. The Morgan fingerprint density at radius 3 is 2.36 bits per heavy atom. The zero-order chi connectivity index (χ0) is 14.7. The first-order valence-electron chi connectivity index (χ1n) is 7.53. The maximum absolute atomic E-state index is 5.52. The van der Waals surface area contributed by atoms with Crippen LogP contribution >= 0.6 is 0 Å². The molecule has 1 heterocycles. The second-order valence-electron chi connectivity index (χ2n) is 5.98. The molecular weight excluding hydrogens is 268 g/mol. The molecule has 5 aromatic rings. The molecule has 0 N–H and O–H groups in total. The SMILES string of the molecule is Cc1ccc2cc3c(ccc4c5ccoc5ccc34)cc2c1. The van der Waals surface area contributed by atoms with Gasteiger partial charge in [0.25, 0.3) is 0 Å². The minimum atomic E-state index is 0.947. The van der Waals surface area contributed by atoms with Crippen LogP contribution in [0.25, 0.3) is 43.3 Å². The zero-order valence-corrected chi connectivity index (χ0v) is 12.3. The van der Waals surface area contributed by atoms with Gasteiger partial charge in [-0.15, -0.1) is 0 Å². The van der Waals surface area contributed by atoms with E-state index in [1.807, 2.05) is 6.07 Å². The summed E-state index contributed by atoms with van der Waals surface area (Å²) < 4.78 is 5.52. The molecule has 4 aromatic carbocycles. The van der Waals surface area contributed by atoms with Crippen LogP contribution in [0.1, 0.15) is 5.56 Å². The van der Waals surface area contributed by atoms with E-state index < -0.39 is 0 Å². The summed E-state index contributed by atoms with van der Waals surface area (Å²) in [5.41, 5.74) is 2.25. The molecule has 0 saturated heterocycles. The molecule has 0 fully saturated rings. The molecule has 0 aliphatic rings. The van der Waals surface area contributed by atoms with Crippen LogP contribution in [0.2, 0.25) is 0 Å². The van der Waals surface area contributed by atoms with Gasteiger partial charge in [0.1, 0.15) is 5.58 Å². The summed E-state index contributed by atoms with van der Waals surface area (Å²) in [6, 6.07) is 21.9. The molecule has 0 aliphatic carbocycles. The van der Waals surface area contributed by atoms with Crippen molar-refractivity contribution in [2.75, 3.05) is 0 Å². The molecule has 1 nitrogen and oxygen atoms in total. The molecular formula is C21H14O. The van der Waals surface area contributed by atoms with Crippen molar-refractivity contribution in [2.45, 2.75) is 6.92 Å². The molecule has 0 radical (unpaired) electrons. The molecule has 0 amide bonds. The first-order valence-corrected chi connectivity index (χ1v) is 7.53. The van der Waals surface area contributed by atoms with Gasteiger partial charge in [0.15, 0.2) is 0 Å². The summed E-state index contributed by atoms with van der Waals surface area (Å²) in [6.07, 6.45) is 1.76. The molecule has 0 atom stereocenters. The van der Waals surface area contributed by atoms with Gasteiger partial charge in [0.05, 0.1) is 6.26 Å². The predicted molar refractivity (Wildman–Crippen MR) is 93.5 cm³/mol. The fourth-order valence-electron chi connectivity index (χ4n) is 3.46. The number of hydrogen-bond acceptors (Lipinski definition) is 1. The average molecular weight is 282 g/mol. The Kier molecular flexibility index (Phi) is 2.21. The first-order chi connectivity index (χ1) is 10.8. The van der Waals surface area contributed by atoms with Crippen LogP contribution < -0.4 is 0 Å². The maximum Gasteiger partial charge on any atom is 0.134 e. The highest BCUT2D eigenvalue weighted by Crippen LogP contribution is 2.33. The van der Waals surface area contributed by atoms with Gasteiger partial charge >= 0.3 is 0 Å². The molecule has 0 bridgehead atoms. The van der Waals surface area contributed by atoms with Gasteiger partial charge in [-0.25, -0.2) is 0 Å². The highest BCUT2D eigenvalue weighted by atomic mass is 16.3. The minimum Gasteiger partial charge on any atom is -0.464 e. The lowest BCUT2D eigenvalue weighted by atomic mass is 9.96. The van der Waals surface area contributed by atoms with E-state index in [4.69, 9.17) is 4.42 Å². The Labute approximate surface area is 127 Å². The minimum absolute atomic E-state index is 0.947. The molecule has 104 valence electrons. The largest absolute Gasteiger partial charge is 0.464 e. The molecule has 0 saturated carbocycles. The Bertz CT molecular complexity index is 1180. The third-order valence-electron chi connectivity index (χ3n) is 4.56. The Balaban J connectivity index is 2.00. The van der Waals surface area contributed by atoms with E-state index in [1.54, 1.807) is 6.26 Å². The summed E-state index contributed by atoms with van der Waals surface area (Å²) in [5.74, 6) is 0. The molecule has 0 unspecified atom stereocenters. The van der Waals surface area contributed by atoms with Crippen molar-refractivity contribution in [3.05, 3.63) is 72.5 Å². The number of aryl methyl sites for hydroxylation is 1. The van der Waals surface area contributed by atoms with E-state index in [0.717, 1.165) is 5.58 Å². The van der Waals surface area contributed by atoms with Crippen molar-refractivity contribution < 1.29 is 4.42 Å². The van der Waals surface area contributed by atoms with Gasteiger partial charge in [0, 0.05) is 5.39 Å². The van der Waals surface area contributed by atoms with Crippen molar-refractivity contribution in [1.82, 2.24) is 0 Å². The second-order valence-corrected chi connectivity index (χ2v) is 5.98. The van der Waals surface area contributed by atoms with Gasteiger partial charge in [-0.3, -0.25) is 0 Å². The van der Waals surface area contributed by atoms with Gasteiger partial charge < -0.3 is 4.42 Å². The van der Waals surface area contributed by atoms with Crippen LogP contribution in [0, 0.1) is 6.92 Å². The molecule has 0 aliphatic heterocycles. The van der Waals surface area contributed by atoms with Crippen molar-refractivity contribution in [2.24, 2.45) is 0 Å². The van der Waals surface area contributed by atoms with Crippen molar-refractivity contribution >= 4 is 43.3 Å². The molecule has 5 rings (SSSR count). The zero-order valence-electron chi connectivity index (χ0n) is 12.3. The topological polar surface area (TPSA) is 13.1 Å². The normalized spacial score (nSPS) is 11.9. The summed E-state index contributed by atoms with van der Waals surface area (Å²) in [6.45, 7) is 2.14. The molecule has 1 heteroatoms. The highest BCUT2D eigenvalue weighted by Gasteiger charge is 2.07. The second kappa shape index (κ2) is 4.11. The summed E-state index contributed by atoms with van der Waals surface area (Å²) >= 11 is 0. The number of rotatable bonds is 0. The smallest absolute Gasteiger partial charge is 0.134 e. The third-order valence-corrected chi connectivity index (χ3v) is 4.56. The monoisotopic (exact) mass is 282 g/mol. The van der Waals surface area contributed by atoms with Crippen LogP contribution in [0.5, 0.6) is 0 Å². The van der Waals surface area contributed by atoms with E-state index >= 15 is 0 Å². The highest BCUT2D eigenvalue weighted by molar-refractivity contribution is 6.18. The molecule has 1 aromatic heterocycles. The van der Waals surface area contributed by atoms with E-state index in [1.165, 1.54) is 43.3 Å². The summed E-state index contributed by atoms with van der Waals surface area (Å²) in [5, 5.41) is 8.90. The van der Waals surface area contributed by atoms with Gasteiger partial charge in [-0.05, 0) is 63.5 Å². The lowest BCUT2D eigenvalue weighted by Gasteiger charge is -2.07. The van der Waals surface area contributed by atoms with Gasteiger partial charge in [-0.2, -0.15) is 0 Å². The fraction of sp³-hybridized carbons (Fsp3) is 0.0476. The summed E-state index contributed by atoms with van der Waals surface area (Å²) in [4.78, 5) is 0. The molecule has 0 spiro atoms. The van der Waals surface area contributed by atoms with Crippen LogP contribution in [0.4, 0.5) is 0 Å². The number of hydrogen-bond donors (Lipinski definition) is 0. The quantitative estimate of drug-likeness (QED) is 0.243. The first kappa shape index (κ1) is 11.8. The standard InChI is InChI=1S/C21H14O/c1-13-2-3-14-12-20-15(11-16(14)10-13)4-5-17-18(20)6-7-21-19(17)8-9-22-21/h2-12H,1H3. The Morgan fingerprint density at radius 2 is 1.41 bits per heavy atom. The number of furan rings is 1. The van der Waals surface area contributed by atoms with E-state index in [2.05, 4.69) is 61.5 Å². The molecule has 22 heavy (non-hydrogen) atoms. The van der Waals surface area contributed by atoms with Crippen molar-refractivity contribution in [1.29, 1.82) is 0 Å². The van der Waals surface area contributed by atoms with Gasteiger partial charge in [-0.1, -0.05) is 42.0 Å². The van der Waals surface area contributed by atoms with Crippen LogP contribution in [0.3, 0.4) is 0 Å². The maximum atomic E-state index is 5.52. The van der Waals surface area contributed by atoms with E-state index in [-0.39, 0.29) is 0 Å². The predicted octanol–water partition coefficient (Wildman–Crippen LogP) is 6.20. The fourth-order valence-corrected chi connectivity index (χ4v) is 3.46. The van der Waals surface area contributed by atoms with Crippen molar-refractivity contribution in [3.63, 3.8) is 0 Å². The average Bonchev–Trinajstić information content (AvgIpc) is 3.01. The number of benzene rings is 4. The lowest BCUT2D eigenvalue weighted by molar-refractivity contribution is 0.616. The van der Waals surface area contributed by atoms with Crippen LogP contribution in [-0.4, -0.2) is 0 Å². The van der Waals surface area contributed by atoms with Gasteiger partial charge in [0.2, 0.25) is 0 Å². The Morgan fingerprint density at radius 1 is 0.591 bits per heavy atom.